The summed E-state index contributed by atoms with van der Waals surface area (Å²) < 4.78 is 7.01. The third-order valence-electron chi connectivity index (χ3n) is 7.41. The van der Waals surface area contributed by atoms with Crippen LogP contribution in [0.2, 0.25) is 0 Å². The summed E-state index contributed by atoms with van der Waals surface area (Å²) in [5, 5.41) is 7.95. The molecule has 0 aliphatic carbocycles. The number of aryl methyl sites for hydroxylation is 2. The van der Waals surface area contributed by atoms with Gasteiger partial charge in [-0.25, -0.2) is 0 Å². The average Bonchev–Trinajstić information content (AvgIpc) is 3.03. The molecular formula is C38H30OP2S. The molecule has 0 saturated carbocycles. The summed E-state index contributed by atoms with van der Waals surface area (Å²) in [6.07, 6.45) is 0. The van der Waals surface area contributed by atoms with E-state index in [2.05, 4.69) is 159 Å². The highest BCUT2D eigenvalue weighted by Crippen LogP contribution is 2.51. The third kappa shape index (κ3) is 5.32. The smallest absolute Gasteiger partial charge is 0.149 e. The maximum Gasteiger partial charge on any atom is 0.149 e. The van der Waals surface area contributed by atoms with E-state index >= 15 is 0 Å². The fourth-order valence-electron chi connectivity index (χ4n) is 5.51. The molecule has 6 aromatic carbocycles. The van der Waals surface area contributed by atoms with Crippen LogP contribution in [0.3, 0.4) is 0 Å². The van der Waals surface area contributed by atoms with Crippen molar-refractivity contribution in [2.75, 3.05) is 0 Å². The Labute approximate surface area is 255 Å². The van der Waals surface area contributed by atoms with E-state index in [1.165, 1.54) is 52.7 Å². The van der Waals surface area contributed by atoms with Gasteiger partial charge in [0.2, 0.25) is 0 Å². The Bertz CT molecular complexity index is 1760. The van der Waals surface area contributed by atoms with Crippen LogP contribution in [-0.4, -0.2) is 0 Å². The first-order valence-electron chi connectivity index (χ1n) is 14.1. The summed E-state index contributed by atoms with van der Waals surface area (Å²) in [7, 11) is -1.53. The Hall–Kier alpha value is -3.67. The molecule has 42 heavy (non-hydrogen) atoms. The highest BCUT2D eigenvalue weighted by molar-refractivity contribution is 7.99. The van der Waals surface area contributed by atoms with Gasteiger partial charge in [-0.15, -0.1) is 0 Å². The molecule has 0 aromatic heterocycles. The van der Waals surface area contributed by atoms with Crippen LogP contribution in [0.15, 0.2) is 155 Å². The average molecular weight is 597 g/mol. The Kier molecular flexibility index (Phi) is 7.70. The normalized spacial score (nSPS) is 12.1. The number of hydrogen-bond donors (Lipinski definition) is 0. The summed E-state index contributed by atoms with van der Waals surface area (Å²) in [5.41, 5.74) is 2.56. The van der Waals surface area contributed by atoms with Crippen molar-refractivity contribution < 1.29 is 4.74 Å². The number of ether oxygens (including phenoxy) is 1. The Balaban J connectivity index is 1.37. The summed E-state index contributed by atoms with van der Waals surface area (Å²) in [6, 6.07) is 52.9. The van der Waals surface area contributed by atoms with E-state index < -0.39 is 15.8 Å². The lowest BCUT2D eigenvalue weighted by Crippen LogP contribution is -2.24. The molecule has 1 heterocycles. The monoisotopic (exact) mass is 596 g/mol. The fraction of sp³-hybridized carbons (Fsp3) is 0.0526. The number of benzene rings is 6. The van der Waals surface area contributed by atoms with Gasteiger partial charge in [0, 0.05) is 5.30 Å². The minimum absolute atomic E-state index is 0.732. The molecule has 0 amide bonds. The van der Waals surface area contributed by atoms with Gasteiger partial charge in [0.15, 0.2) is 0 Å². The zero-order valence-electron chi connectivity index (χ0n) is 23.6. The van der Waals surface area contributed by atoms with Crippen LogP contribution in [0.25, 0.3) is 0 Å². The molecule has 0 saturated heterocycles. The van der Waals surface area contributed by atoms with Crippen LogP contribution in [0, 0.1) is 13.8 Å². The Morgan fingerprint density at radius 1 is 0.476 bits per heavy atom. The molecular weight excluding hydrogens is 566 g/mol. The van der Waals surface area contributed by atoms with Gasteiger partial charge in [-0.1, -0.05) is 133 Å². The van der Waals surface area contributed by atoms with E-state index in [9.17, 15) is 0 Å². The molecule has 0 unspecified atom stereocenters. The minimum Gasteiger partial charge on any atom is -0.454 e. The van der Waals surface area contributed by atoms with Crippen molar-refractivity contribution in [3.05, 3.63) is 157 Å². The second kappa shape index (κ2) is 11.9. The number of rotatable bonds is 6. The van der Waals surface area contributed by atoms with E-state index in [-0.39, 0.29) is 0 Å². The number of fused-ring (bicyclic) bond motifs is 2. The molecule has 7 rings (SSSR count). The summed E-state index contributed by atoms with van der Waals surface area (Å²) in [4.78, 5) is 2.37. The fourth-order valence-corrected chi connectivity index (χ4v) is 11.7. The lowest BCUT2D eigenvalue weighted by Gasteiger charge is -2.29. The maximum absolute atomic E-state index is 7.01. The molecule has 0 atom stereocenters. The molecule has 1 nitrogen and oxygen atoms in total. The quantitative estimate of drug-likeness (QED) is 0.180. The van der Waals surface area contributed by atoms with E-state index in [0.29, 0.717) is 0 Å². The summed E-state index contributed by atoms with van der Waals surface area (Å²) >= 11 is 1.84. The van der Waals surface area contributed by atoms with Gasteiger partial charge in [0.25, 0.3) is 0 Å². The standard InChI is InChI=1S/C38H30OP2S/c1-27-23-35(41(31-19-11-5-12-20-31)32-21-13-6-14-22-32)38-37(24-27)42-36-25-28(2)34(26-33(36)39-38)40(29-15-7-3-8-16-29)30-17-9-4-10-18-30/h3-26H,1-2H3. The van der Waals surface area contributed by atoms with E-state index in [1.54, 1.807) is 0 Å². The highest BCUT2D eigenvalue weighted by atomic mass is 32.2. The van der Waals surface area contributed by atoms with Crippen molar-refractivity contribution in [2.24, 2.45) is 0 Å². The Morgan fingerprint density at radius 3 is 1.40 bits per heavy atom. The number of hydrogen-bond acceptors (Lipinski definition) is 2. The first kappa shape index (κ1) is 27.2. The minimum atomic E-state index is -0.799. The zero-order valence-corrected chi connectivity index (χ0v) is 26.2. The molecule has 0 N–H and O–H groups in total. The van der Waals surface area contributed by atoms with Crippen molar-refractivity contribution in [1.29, 1.82) is 0 Å². The third-order valence-corrected chi connectivity index (χ3v) is 13.5. The van der Waals surface area contributed by atoms with Gasteiger partial charge in [0.05, 0.1) is 9.79 Å². The van der Waals surface area contributed by atoms with Crippen LogP contribution in [-0.2, 0) is 0 Å². The molecule has 4 heteroatoms. The first-order valence-corrected chi connectivity index (χ1v) is 17.6. The predicted molar refractivity (Wildman–Crippen MR) is 184 cm³/mol. The van der Waals surface area contributed by atoms with Gasteiger partial charge < -0.3 is 4.74 Å². The van der Waals surface area contributed by atoms with Crippen molar-refractivity contribution in [3.8, 4) is 11.5 Å². The van der Waals surface area contributed by atoms with Crippen LogP contribution >= 0.6 is 27.6 Å². The molecule has 0 spiro atoms. The van der Waals surface area contributed by atoms with Gasteiger partial charge >= 0.3 is 0 Å². The highest BCUT2D eigenvalue weighted by Gasteiger charge is 2.29. The maximum atomic E-state index is 7.01. The van der Waals surface area contributed by atoms with Gasteiger partial charge in [0.1, 0.15) is 11.5 Å². The zero-order chi connectivity index (χ0) is 28.5. The van der Waals surface area contributed by atoms with Crippen LogP contribution in [0.4, 0.5) is 0 Å². The van der Waals surface area contributed by atoms with Crippen molar-refractivity contribution in [1.82, 2.24) is 0 Å². The van der Waals surface area contributed by atoms with E-state index in [0.717, 1.165) is 11.5 Å². The van der Waals surface area contributed by atoms with E-state index in [4.69, 9.17) is 4.74 Å². The predicted octanol–water partition coefficient (Wildman–Crippen LogP) is 8.08. The lowest BCUT2D eigenvalue weighted by molar-refractivity contribution is 0.459. The molecule has 204 valence electrons. The first-order chi connectivity index (χ1) is 20.7. The largest absolute Gasteiger partial charge is 0.454 e. The van der Waals surface area contributed by atoms with Crippen LogP contribution in [0.5, 0.6) is 11.5 Å². The van der Waals surface area contributed by atoms with Crippen molar-refractivity contribution in [2.45, 2.75) is 23.6 Å². The molecule has 0 bridgehead atoms. The topological polar surface area (TPSA) is 9.23 Å². The van der Waals surface area contributed by atoms with Gasteiger partial charge in [-0.05, 0) is 91.6 Å². The van der Waals surface area contributed by atoms with Gasteiger partial charge in [-0.2, -0.15) is 0 Å². The van der Waals surface area contributed by atoms with Gasteiger partial charge in [-0.3, -0.25) is 0 Å². The van der Waals surface area contributed by atoms with Crippen LogP contribution < -0.4 is 36.6 Å². The molecule has 1 aliphatic heterocycles. The van der Waals surface area contributed by atoms with Crippen molar-refractivity contribution in [3.63, 3.8) is 0 Å². The summed E-state index contributed by atoms with van der Waals surface area (Å²) in [6.45, 7) is 4.45. The van der Waals surface area contributed by atoms with E-state index in [1.807, 2.05) is 11.8 Å². The second-order valence-electron chi connectivity index (χ2n) is 10.4. The molecule has 0 radical (unpaired) electrons. The van der Waals surface area contributed by atoms with Crippen LogP contribution in [0.1, 0.15) is 11.1 Å². The SMILES string of the molecule is Cc1cc2c(c(P(c3ccccc3)c3ccccc3)c1)Oc1cc(P(c3ccccc3)c3ccccc3)c(C)cc1S2. The summed E-state index contributed by atoms with van der Waals surface area (Å²) in [5.74, 6) is 1.95. The second-order valence-corrected chi connectivity index (χ2v) is 15.9. The molecule has 6 aromatic rings. The molecule has 0 fully saturated rings. The Morgan fingerprint density at radius 2 is 0.929 bits per heavy atom. The lowest BCUT2D eigenvalue weighted by atomic mass is 10.2. The molecule has 1 aliphatic rings. The van der Waals surface area contributed by atoms with Crippen molar-refractivity contribution >= 4 is 59.4 Å².